The average molecular weight is 348 g/mol. The Morgan fingerprint density at radius 1 is 1.24 bits per heavy atom. The van der Waals surface area contributed by atoms with E-state index in [1.54, 1.807) is 0 Å². The highest BCUT2D eigenvalue weighted by Crippen LogP contribution is 2.27. The molecule has 1 N–H and O–H groups in total. The van der Waals surface area contributed by atoms with Crippen molar-refractivity contribution in [3.8, 4) is 0 Å². The van der Waals surface area contributed by atoms with Gasteiger partial charge in [0, 0.05) is 26.1 Å². The first kappa shape index (κ1) is 18.5. The molecule has 1 saturated heterocycles. The predicted molar refractivity (Wildman–Crippen MR) is 97.4 cm³/mol. The molecule has 140 valence electrons. The number of nitrogens with one attached hydrogen (secondary N) is 1. The smallest absolute Gasteiger partial charge is 0.220 e. The summed E-state index contributed by atoms with van der Waals surface area (Å²) in [6.45, 7) is 5.81. The lowest BCUT2D eigenvalue weighted by Gasteiger charge is -2.33. The van der Waals surface area contributed by atoms with Crippen molar-refractivity contribution in [2.75, 3.05) is 32.8 Å². The van der Waals surface area contributed by atoms with Gasteiger partial charge in [-0.25, -0.2) is 0 Å². The van der Waals surface area contributed by atoms with Gasteiger partial charge in [-0.15, -0.1) is 0 Å². The number of ether oxygens (including phenoxy) is 1. The van der Waals surface area contributed by atoms with E-state index in [2.05, 4.69) is 10.2 Å². The van der Waals surface area contributed by atoms with E-state index < -0.39 is 0 Å². The standard InChI is InChI=1S/C20H32N2O3/c1-16-7-9-19(25-16)18(22-11-13-24-14-12-22)15-21-20(23)10-8-17-5-3-2-4-6-17/h7,9,17-18H,2-6,8,10-15H2,1H3,(H,21,23). The number of hydrogen-bond donors (Lipinski definition) is 1. The van der Waals surface area contributed by atoms with E-state index in [9.17, 15) is 4.79 Å². The first-order valence-electron chi connectivity index (χ1n) is 9.87. The Labute approximate surface area is 151 Å². The van der Waals surface area contributed by atoms with Crippen molar-refractivity contribution in [3.63, 3.8) is 0 Å². The zero-order valence-corrected chi connectivity index (χ0v) is 15.5. The second-order valence-electron chi connectivity index (χ2n) is 7.46. The van der Waals surface area contributed by atoms with Gasteiger partial charge in [0.05, 0.1) is 19.3 Å². The van der Waals surface area contributed by atoms with Crippen LogP contribution in [0.2, 0.25) is 0 Å². The number of carbonyl (C=O) groups is 1. The van der Waals surface area contributed by atoms with Crippen LogP contribution in [0.5, 0.6) is 0 Å². The van der Waals surface area contributed by atoms with Gasteiger partial charge in [0.2, 0.25) is 5.91 Å². The fraction of sp³-hybridized carbons (Fsp3) is 0.750. The van der Waals surface area contributed by atoms with Gasteiger partial charge in [-0.2, -0.15) is 0 Å². The zero-order valence-electron chi connectivity index (χ0n) is 15.5. The minimum absolute atomic E-state index is 0.0937. The largest absolute Gasteiger partial charge is 0.465 e. The van der Waals surface area contributed by atoms with Crippen molar-refractivity contribution in [1.82, 2.24) is 10.2 Å². The van der Waals surface area contributed by atoms with E-state index in [1.807, 2.05) is 19.1 Å². The topological polar surface area (TPSA) is 54.7 Å². The highest BCUT2D eigenvalue weighted by Gasteiger charge is 2.25. The molecule has 1 aromatic rings. The molecule has 3 rings (SSSR count). The maximum Gasteiger partial charge on any atom is 0.220 e. The van der Waals surface area contributed by atoms with Gasteiger partial charge in [0.25, 0.3) is 0 Å². The van der Waals surface area contributed by atoms with Gasteiger partial charge < -0.3 is 14.5 Å². The number of hydrogen-bond acceptors (Lipinski definition) is 4. The molecule has 1 aromatic heterocycles. The summed E-state index contributed by atoms with van der Waals surface area (Å²) < 4.78 is 11.3. The van der Waals surface area contributed by atoms with Crippen molar-refractivity contribution in [2.45, 2.75) is 57.9 Å². The van der Waals surface area contributed by atoms with Crippen LogP contribution in [0.1, 0.15) is 62.5 Å². The lowest BCUT2D eigenvalue weighted by atomic mass is 9.86. The number of amides is 1. The molecule has 0 spiro atoms. The van der Waals surface area contributed by atoms with Gasteiger partial charge in [-0.05, 0) is 31.4 Å². The van der Waals surface area contributed by atoms with Crippen molar-refractivity contribution in [2.24, 2.45) is 5.92 Å². The molecule has 0 radical (unpaired) electrons. The summed E-state index contributed by atoms with van der Waals surface area (Å²) in [5.74, 6) is 2.78. The van der Waals surface area contributed by atoms with E-state index in [1.165, 1.54) is 32.1 Å². The lowest BCUT2D eigenvalue weighted by Crippen LogP contribution is -2.43. The van der Waals surface area contributed by atoms with Crippen LogP contribution < -0.4 is 5.32 Å². The number of aryl methyl sites for hydroxylation is 1. The molecule has 2 heterocycles. The Hall–Kier alpha value is -1.33. The van der Waals surface area contributed by atoms with Crippen molar-refractivity contribution < 1.29 is 13.9 Å². The van der Waals surface area contributed by atoms with Crippen LogP contribution >= 0.6 is 0 Å². The summed E-state index contributed by atoms with van der Waals surface area (Å²) in [6, 6.07) is 4.12. The molecule has 1 atom stereocenters. The van der Waals surface area contributed by atoms with Crippen LogP contribution in [-0.2, 0) is 9.53 Å². The van der Waals surface area contributed by atoms with Gasteiger partial charge in [0.15, 0.2) is 0 Å². The Balaban J connectivity index is 1.50. The van der Waals surface area contributed by atoms with Gasteiger partial charge in [-0.3, -0.25) is 9.69 Å². The van der Waals surface area contributed by atoms with Crippen molar-refractivity contribution >= 4 is 5.91 Å². The average Bonchev–Trinajstić information content (AvgIpc) is 3.08. The molecule has 5 heteroatoms. The van der Waals surface area contributed by atoms with Crippen LogP contribution in [0.3, 0.4) is 0 Å². The predicted octanol–water partition coefficient (Wildman–Crippen LogP) is 3.44. The fourth-order valence-corrected chi connectivity index (χ4v) is 4.04. The summed E-state index contributed by atoms with van der Waals surface area (Å²) in [7, 11) is 0. The molecule has 2 aliphatic rings. The van der Waals surface area contributed by atoms with Crippen LogP contribution in [0, 0.1) is 12.8 Å². The first-order chi connectivity index (χ1) is 12.2. The van der Waals surface area contributed by atoms with E-state index in [0.717, 1.165) is 50.2 Å². The molecule has 1 amide bonds. The second kappa shape index (κ2) is 9.39. The Morgan fingerprint density at radius 2 is 2.00 bits per heavy atom. The van der Waals surface area contributed by atoms with E-state index in [-0.39, 0.29) is 11.9 Å². The van der Waals surface area contributed by atoms with Crippen LogP contribution in [0.25, 0.3) is 0 Å². The minimum atomic E-state index is 0.0937. The third-order valence-corrected chi connectivity index (χ3v) is 5.57. The highest BCUT2D eigenvalue weighted by atomic mass is 16.5. The summed E-state index contributed by atoms with van der Waals surface area (Å²) in [6.07, 6.45) is 8.33. The molecule has 0 bridgehead atoms. The third-order valence-electron chi connectivity index (χ3n) is 5.57. The highest BCUT2D eigenvalue weighted by molar-refractivity contribution is 5.75. The maximum atomic E-state index is 12.3. The van der Waals surface area contributed by atoms with Crippen LogP contribution in [0.15, 0.2) is 16.5 Å². The first-order valence-corrected chi connectivity index (χ1v) is 9.87. The van der Waals surface area contributed by atoms with Gasteiger partial charge >= 0.3 is 0 Å². The molecule has 0 aromatic carbocycles. The van der Waals surface area contributed by atoms with Crippen molar-refractivity contribution in [3.05, 3.63) is 23.7 Å². The van der Waals surface area contributed by atoms with Crippen LogP contribution in [0.4, 0.5) is 0 Å². The zero-order chi connectivity index (χ0) is 17.5. The molecular weight excluding hydrogens is 316 g/mol. The number of rotatable bonds is 7. The minimum Gasteiger partial charge on any atom is -0.465 e. The fourth-order valence-electron chi connectivity index (χ4n) is 4.04. The Bertz CT molecular complexity index is 531. The normalized spacial score (nSPS) is 21.2. The molecule has 1 unspecified atom stereocenters. The molecule has 5 nitrogen and oxygen atoms in total. The molecule has 2 fully saturated rings. The molecular formula is C20H32N2O3. The lowest BCUT2D eigenvalue weighted by molar-refractivity contribution is -0.121. The molecule has 1 aliphatic heterocycles. The van der Waals surface area contributed by atoms with E-state index in [4.69, 9.17) is 9.15 Å². The maximum absolute atomic E-state index is 12.3. The van der Waals surface area contributed by atoms with Gasteiger partial charge in [-0.1, -0.05) is 32.1 Å². The summed E-state index contributed by atoms with van der Waals surface area (Å²) in [4.78, 5) is 14.7. The van der Waals surface area contributed by atoms with Crippen molar-refractivity contribution in [1.29, 1.82) is 0 Å². The molecule has 1 aliphatic carbocycles. The molecule has 25 heavy (non-hydrogen) atoms. The number of furan rings is 1. The Morgan fingerprint density at radius 3 is 2.68 bits per heavy atom. The van der Waals surface area contributed by atoms with Gasteiger partial charge in [0.1, 0.15) is 11.5 Å². The Kier molecular flexibility index (Phi) is 6.93. The van der Waals surface area contributed by atoms with E-state index >= 15 is 0 Å². The number of nitrogens with zero attached hydrogens (tertiary/aromatic N) is 1. The van der Waals surface area contributed by atoms with E-state index in [0.29, 0.717) is 13.0 Å². The monoisotopic (exact) mass is 348 g/mol. The summed E-state index contributed by atoms with van der Waals surface area (Å²) in [5, 5.41) is 3.15. The van der Waals surface area contributed by atoms with Crippen LogP contribution in [-0.4, -0.2) is 43.7 Å². The summed E-state index contributed by atoms with van der Waals surface area (Å²) >= 11 is 0. The summed E-state index contributed by atoms with van der Waals surface area (Å²) in [5.41, 5.74) is 0. The number of carbonyl (C=O) groups excluding carboxylic acids is 1. The quantitative estimate of drug-likeness (QED) is 0.820. The number of morpholine rings is 1. The second-order valence-corrected chi connectivity index (χ2v) is 7.46. The third kappa shape index (κ3) is 5.58. The SMILES string of the molecule is Cc1ccc(C(CNC(=O)CCC2CCCCC2)N2CCOCC2)o1. The molecule has 1 saturated carbocycles.